The van der Waals surface area contributed by atoms with Gasteiger partial charge in [-0.2, -0.15) is 0 Å². The zero-order valence-electron chi connectivity index (χ0n) is 9.88. The first-order valence-corrected chi connectivity index (χ1v) is 7.36. The number of halogens is 4. The quantitative estimate of drug-likeness (QED) is 0.697. The van der Waals surface area contributed by atoms with E-state index in [2.05, 4.69) is 21.2 Å². The number of benzene rings is 2. The Bertz CT molecular complexity index is 694. The molecule has 0 aliphatic carbocycles. The number of thiocarbonyl (C=S) groups is 1. The minimum Gasteiger partial charge on any atom is -0.389 e. The van der Waals surface area contributed by atoms with E-state index < -0.39 is 5.82 Å². The molecule has 2 rings (SSSR count). The van der Waals surface area contributed by atoms with Gasteiger partial charge in [-0.15, -0.1) is 0 Å². The van der Waals surface area contributed by atoms with E-state index in [0.717, 1.165) is 0 Å². The summed E-state index contributed by atoms with van der Waals surface area (Å²) in [5, 5.41) is 3.59. The summed E-state index contributed by atoms with van der Waals surface area (Å²) < 4.78 is 14.4. The standard InChI is InChI=1S/C13H8BrCl2FN2S/c14-10-6(13(18)20)4-5-9(12(10)17)19-8-3-1-2-7(15)11(8)16/h1-5,19H,(H2,18,20). The highest BCUT2D eigenvalue weighted by Crippen LogP contribution is 2.34. The fourth-order valence-corrected chi connectivity index (χ4v) is 2.79. The molecule has 2 aromatic carbocycles. The summed E-state index contributed by atoms with van der Waals surface area (Å²) in [6.45, 7) is 0. The number of rotatable bonds is 3. The topological polar surface area (TPSA) is 38.0 Å². The van der Waals surface area contributed by atoms with Crippen molar-refractivity contribution in [1.29, 1.82) is 0 Å². The second kappa shape index (κ2) is 6.26. The van der Waals surface area contributed by atoms with Crippen molar-refractivity contribution in [2.45, 2.75) is 0 Å². The van der Waals surface area contributed by atoms with Gasteiger partial charge in [0.05, 0.1) is 25.9 Å². The molecule has 0 unspecified atom stereocenters. The van der Waals surface area contributed by atoms with Crippen molar-refractivity contribution in [3.8, 4) is 0 Å². The lowest BCUT2D eigenvalue weighted by atomic mass is 10.2. The van der Waals surface area contributed by atoms with Gasteiger partial charge in [-0.05, 0) is 40.2 Å². The molecule has 2 nitrogen and oxygen atoms in total. The fraction of sp³-hybridized carbons (Fsp3) is 0. The van der Waals surface area contributed by atoms with Crippen LogP contribution in [0, 0.1) is 5.82 Å². The van der Waals surface area contributed by atoms with Gasteiger partial charge >= 0.3 is 0 Å². The molecule has 0 saturated carbocycles. The third-order valence-corrected chi connectivity index (χ3v) is 4.38. The molecule has 0 fully saturated rings. The number of anilines is 2. The van der Waals surface area contributed by atoms with Gasteiger partial charge in [0.2, 0.25) is 0 Å². The fourth-order valence-electron chi connectivity index (χ4n) is 1.58. The van der Waals surface area contributed by atoms with E-state index in [1.165, 1.54) is 6.07 Å². The molecular formula is C13H8BrCl2FN2S. The van der Waals surface area contributed by atoms with Crippen LogP contribution in [-0.4, -0.2) is 4.99 Å². The van der Waals surface area contributed by atoms with E-state index in [-0.39, 0.29) is 15.1 Å². The Morgan fingerprint density at radius 2 is 1.90 bits per heavy atom. The first-order chi connectivity index (χ1) is 9.41. The highest BCUT2D eigenvalue weighted by Gasteiger charge is 2.14. The lowest BCUT2D eigenvalue weighted by molar-refractivity contribution is 0.625. The summed E-state index contributed by atoms with van der Waals surface area (Å²) in [5.41, 5.74) is 6.68. The predicted molar refractivity (Wildman–Crippen MR) is 89.7 cm³/mol. The van der Waals surface area contributed by atoms with Gasteiger partial charge in [0, 0.05) is 5.56 Å². The summed E-state index contributed by atoms with van der Waals surface area (Å²) in [4.78, 5) is 0.114. The molecule has 0 spiro atoms. The molecule has 7 heteroatoms. The van der Waals surface area contributed by atoms with Gasteiger partial charge in [0.1, 0.15) is 4.99 Å². The first kappa shape index (κ1) is 15.5. The summed E-state index contributed by atoms with van der Waals surface area (Å²) in [6.07, 6.45) is 0. The van der Waals surface area contributed by atoms with Crippen molar-refractivity contribution in [3.63, 3.8) is 0 Å². The maximum Gasteiger partial charge on any atom is 0.161 e. The molecule has 2 aromatic rings. The van der Waals surface area contributed by atoms with Crippen LogP contribution in [0.2, 0.25) is 10.0 Å². The van der Waals surface area contributed by atoms with E-state index in [1.807, 2.05) is 0 Å². The third kappa shape index (κ3) is 3.06. The van der Waals surface area contributed by atoms with Crippen LogP contribution in [0.25, 0.3) is 0 Å². The number of nitrogens with one attached hydrogen (secondary N) is 1. The van der Waals surface area contributed by atoms with Crippen molar-refractivity contribution < 1.29 is 4.39 Å². The van der Waals surface area contributed by atoms with Crippen molar-refractivity contribution in [1.82, 2.24) is 0 Å². The molecule has 0 saturated heterocycles. The van der Waals surface area contributed by atoms with Crippen LogP contribution in [0.3, 0.4) is 0 Å². The minimum absolute atomic E-state index is 0.114. The van der Waals surface area contributed by atoms with Crippen LogP contribution in [0.4, 0.5) is 15.8 Å². The van der Waals surface area contributed by atoms with Crippen molar-refractivity contribution in [3.05, 3.63) is 56.2 Å². The van der Waals surface area contributed by atoms with Gasteiger partial charge in [0.15, 0.2) is 5.82 Å². The van der Waals surface area contributed by atoms with Crippen LogP contribution < -0.4 is 11.1 Å². The normalized spacial score (nSPS) is 10.4. The van der Waals surface area contributed by atoms with E-state index in [0.29, 0.717) is 21.3 Å². The smallest absolute Gasteiger partial charge is 0.161 e. The largest absolute Gasteiger partial charge is 0.389 e. The summed E-state index contributed by atoms with van der Waals surface area (Å²) in [7, 11) is 0. The average Bonchev–Trinajstić information content (AvgIpc) is 2.40. The minimum atomic E-state index is -0.508. The lowest BCUT2D eigenvalue weighted by Gasteiger charge is -2.12. The molecular weight excluding hydrogens is 386 g/mol. The van der Waals surface area contributed by atoms with Crippen molar-refractivity contribution >= 4 is 67.7 Å². The molecule has 0 radical (unpaired) electrons. The zero-order chi connectivity index (χ0) is 14.9. The summed E-state index contributed by atoms with van der Waals surface area (Å²) in [6, 6.07) is 8.22. The van der Waals surface area contributed by atoms with Crippen molar-refractivity contribution in [2.24, 2.45) is 5.73 Å². The predicted octanol–water partition coefficient (Wildman–Crippen LogP) is 5.27. The molecule has 104 valence electrons. The Kier molecular flexibility index (Phi) is 4.86. The van der Waals surface area contributed by atoms with Crippen LogP contribution in [-0.2, 0) is 0 Å². The molecule has 0 heterocycles. The van der Waals surface area contributed by atoms with E-state index in [1.54, 1.807) is 24.3 Å². The summed E-state index contributed by atoms with van der Waals surface area (Å²) >= 11 is 19.9. The van der Waals surface area contributed by atoms with Gasteiger partial charge in [-0.25, -0.2) is 4.39 Å². The van der Waals surface area contributed by atoms with Gasteiger partial charge in [-0.3, -0.25) is 0 Å². The zero-order valence-corrected chi connectivity index (χ0v) is 13.8. The Morgan fingerprint density at radius 1 is 1.20 bits per heavy atom. The Labute approximate surface area is 139 Å². The van der Waals surface area contributed by atoms with E-state index in [9.17, 15) is 4.39 Å². The molecule has 0 aromatic heterocycles. The monoisotopic (exact) mass is 392 g/mol. The Hall–Kier alpha value is -0.880. The van der Waals surface area contributed by atoms with E-state index in [4.69, 9.17) is 41.2 Å². The molecule has 0 aliphatic heterocycles. The highest BCUT2D eigenvalue weighted by atomic mass is 79.9. The van der Waals surface area contributed by atoms with Crippen LogP contribution in [0.1, 0.15) is 5.56 Å². The molecule has 0 atom stereocenters. The highest BCUT2D eigenvalue weighted by molar-refractivity contribution is 9.10. The molecule has 3 N–H and O–H groups in total. The van der Waals surface area contributed by atoms with Crippen LogP contribution >= 0.6 is 51.3 Å². The number of hydrogen-bond acceptors (Lipinski definition) is 2. The maximum absolute atomic E-state index is 14.2. The Morgan fingerprint density at radius 3 is 2.55 bits per heavy atom. The Balaban J connectivity index is 2.42. The maximum atomic E-state index is 14.2. The SMILES string of the molecule is NC(=S)c1ccc(Nc2cccc(Cl)c2Cl)c(F)c1Br. The van der Waals surface area contributed by atoms with Crippen LogP contribution in [0.15, 0.2) is 34.8 Å². The first-order valence-electron chi connectivity index (χ1n) is 5.40. The van der Waals surface area contributed by atoms with Gasteiger partial charge in [0.25, 0.3) is 0 Å². The van der Waals surface area contributed by atoms with Crippen molar-refractivity contribution in [2.75, 3.05) is 5.32 Å². The van der Waals surface area contributed by atoms with Gasteiger partial charge < -0.3 is 11.1 Å². The van der Waals surface area contributed by atoms with Crippen LogP contribution in [0.5, 0.6) is 0 Å². The molecule has 0 bridgehead atoms. The van der Waals surface area contributed by atoms with Gasteiger partial charge in [-0.1, -0.05) is 41.5 Å². The van der Waals surface area contributed by atoms with E-state index >= 15 is 0 Å². The second-order valence-corrected chi connectivity index (χ2v) is 5.90. The second-order valence-electron chi connectivity index (χ2n) is 3.88. The third-order valence-electron chi connectivity index (χ3n) is 2.57. The average molecular weight is 394 g/mol. The number of nitrogens with two attached hydrogens (primary N) is 1. The summed E-state index contributed by atoms with van der Waals surface area (Å²) in [5.74, 6) is -0.508. The molecule has 20 heavy (non-hydrogen) atoms. The molecule has 0 aliphatic rings. The number of hydrogen-bond donors (Lipinski definition) is 2. The molecule has 0 amide bonds. The lowest BCUT2D eigenvalue weighted by Crippen LogP contribution is -2.11.